The number of nitrogens with zero attached hydrogens (tertiary/aromatic N) is 1. The second kappa shape index (κ2) is 7.16. The molecule has 7 heteroatoms. The molecule has 1 aliphatic heterocycles. The van der Waals surface area contributed by atoms with Crippen LogP contribution in [-0.4, -0.2) is 36.9 Å². The Morgan fingerprint density at radius 1 is 1.19 bits per heavy atom. The second-order valence-corrected chi connectivity index (χ2v) is 8.42. The number of thiazole rings is 1. The molecule has 2 aromatic rings. The lowest BCUT2D eigenvalue weighted by atomic mass is 9.77. The molecule has 1 fully saturated rings. The molecule has 3 rings (SSSR count). The van der Waals surface area contributed by atoms with Crippen LogP contribution < -0.4 is 11.1 Å². The van der Waals surface area contributed by atoms with E-state index >= 15 is 0 Å². The number of anilines is 1. The lowest BCUT2D eigenvalue weighted by Crippen LogP contribution is -2.41. The van der Waals surface area contributed by atoms with Crippen molar-refractivity contribution in [3.63, 3.8) is 0 Å². The van der Waals surface area contributed by atoms with Crippen LogP contribution >= 0.6 is 11.3 Å². The van der Waals surface area contributed by atoms with E-state index in [0.717, 1.165) is 22.3 Å². The van der Waals surface area contributed by atoms with Gasteiger partial charge in [0.15, 0.2) is 5.13 Å². The fourth-order valence-corrected chi connectivity index (χ4v) is 3.36. The number of hydrogen-bond donors (Lipinski definition) is 2. The Kier molecular flexibility index (Phi) is 5.26. The van der Waals surface area contributed by atoms with E-state index < -0.39 is 0 Å². The van der Waals surface area contributed by atoms with E-state index in [4.69, 9.17) is 15.0 Å². The average molecular weight is 371 g/mol. The van der Waals surface area contributed by atoms with Crippen molar-refractivity contribution >= 4 is 29.7 Å². The molecule has 0 saturated carbocycles. The zero-order chi connectivity index (χ0) is 18.9. The van der Waals surface area contributed by atoms with Gasteiger partial charge in [0.1, 0.15) is 0 Å². The first-order chi connectivity index (χ1) is 12.2. The standard InChI is InChI=1S/C19H26BN3O2S/c1-18(2)19(3,4)25-20(24-18)15(11-22-5)10-13-6-8-14(9-7-13)16-12-26-17(21)23-16/h6-10,12,22H,11H2,1-5H3,(H2,21,23). The smallest absolute Gasteiger partial charge is 0.400 e. The van der Waals surface area contributed by atoms with Gasteiger partial charge >= 0.3 is 7.12 Å². The molecule has 0 spiro atoms. The molecule has 0 amide bonds. The van der Waals surface area contributed by atoms with E-state index in [0.29, 0.717) is 11.7 Å². The zero-order valence-electron chi connectivity index (χ0n) is 16.0. The van der Waals surface area contributed by atoms with Gasteiger partial charge in [0.25, 0.3) is 0 Å². The van der Waals surface area contributed by atoms with Crippen molar-refractivity contribution in [1.82, 2.24) is 10.3 Å². The molecule has 2 heterocycles. The molecular formula is C19H26BN3O2S. The zero-order valence-corrected chi connectivity index (χ0v) is 16.8. The normalized spacial score (nSPS) is 19.1. The third-order valence-electron chi connectivity index (χ3n) is 5.02. The molecule has 0 atom stereocenters. The van der Waals surface area contributed by atoms with Crippen molar-refractivity contribution in [2.24, 2.45) is 0 Å². The number of benzene rings is 1. The summed E-state index contributed by atoms with van der Waals surface area (Å²) in [6.45, 7) is 8.97. The molecule has 0 bridgehead atoms. The quantitative estimate of drug-likeness (QED) is 0.786. The summed E-state index contributed by atoms with van der Waals surface area (Å²) in [6, 6.07) is 8.26. The van der Waals surface area contributed by atoms with Crippen LogP contribution in [0.15, 0.2) is 35.1 Å². The predicted molar refractivity (Wildman–Crippen MR) is 110 cm³/mol. The van der Waals surface area contributed by atoms with Gasteiger partial charge in [-0.25, -0.2) is 4.98 Å². The summed E-state index contributed by atoms with van der Waals surface area (Å²) in [5, 5.41) is 5.76. The summed E-state index contributed by atoms with van der Waals surface area (Å²) in [5.74, 6) is 0. The summed E-state index contributed by atoms with van der Waals surface area (Å²) < 4.78 is 12.4. The summed E-state index contributed by atoms with van der Waals surface area (Å²) in [5.41, 5.74) is 9.15. The van der Waals surface area contributed by atoms with Gasteiger partial charge in [0.2, 0.25) is 0 Å². The Balaban J connectivity index is 1.83. The van der Waals surface area contributed by atoms with Gasteiger partial charge in [0, 0.05) is 17.5 Å². The highest BCUT2D eigenvalue weighted by Crippen LogP contribution is 2.38. The molecule has 0 unspecified atom stereocenters. The average Bonchev–Trinajstić information content (AvgIpc) is 3.08. The number of likely N-dealkylation sites (N-methyl/N-ethyl adjacent to an activating group) is 1. The van der Waals surface area contributed by atoms with Gasteiger partial charge in [0.05, 0.1) is 16.9 Å². The number of nitrogen functional groups attached to an aromatic ring is 1. The van der Waals surface area contributed by atoms with Gasteiger partial charge in [-0.05, 0) is 45.8 Å². The molecule has 1 aliphatic rings. The highest BCUT2D eigenvalue weighted by molar-refractivity contribution is 7.13. The van der Waals surface area contributed by atoms with Gasteiger partial charge < -0.3 is 20.4 Å². The minimum absolute atomic E-state index is 0.348. The van der Waals surface area contributed by atoms with Gasteiger partial charge in [-0.3, -0.25) is 0 Å². The summed E-state index contributed by atoms with van der Waals surface area (Å²) in [7, 11) is 1.57. The van der Waals surface area contributed by atoms with Gasteiger partial charge in [-0.15, -0.1) is 11.3 Å². The Morgan fingerprint density at radius 2 is 1.81 bits per heavy atom. The lowest BCUT2D eigenvalue weighted by Gasteiger charge is -2.32. The van der Waals surface area contributed by atoms with Crippen molar-refractivity contribution in [3.8, 4) is 11.3 Å². The monoisotopic (exact) mass is 371 g/mol. The van der Waals surface area contributed by atoms with Gasteiger partial charge in [-0.2, -0.15) is 0 Å². The van der Waals surface area contributed by atoms with Gasteiger partial charge in [-0.1, -0.05) is 30.3 Å². The summed E-state index contributed by atoms with van der Waals surface area (Å²) >= 11 is 1.45. The molecular weight excluding hydrogens is 345 g/mol. The topological polar surface area (TPSA) is 69.4 Å². The Morgan fingerprint density at radius 3 is 2.31 bits per heavy atom. The number of nitrogens with two attached hydrogens (primary N) is 1. The first-order valence-electron chi connectivity index (χ1n) is 8.74. The Hall–Kier alpha value is -1.67. The molecule has 1 aromatic heterocycles. The molecule has 26 heavy (non-hydrogen) atoms. The number of aromatic nitrogens is 1. The van der Waals surface area contributed by atoms with Crippen molar-refractivity contribution in [1.29, 1.82) is 0 Å². The maximum atomic E-state index is 6.19. The van der Waals surface area contributed by atoms with Crippen LogP contribution in [0.4, 0.5) is 5.13 Å². The molecule has 138 valence electrons. The minimum Gasteiger partial charge on any atom is -0.400 e. The highest BCUT2D eigenvalue weighted by Gasteiger charge is 2.52. The largest absolute Gasteiger partial charge is 0.491 e. The lowest BCUT2D eigenvalue weighted by molar-refractivity contribution is 0.00578. The number of hydrogen-bond acceptors (Lipinski definition) is 6. The van der Waals surface area contributed by atoms with E-state index in [2.05, 4.69) is 68.3 Å². The van der Waals surface area contributed by atoms with E-state index in [1.807, 2.05) is 12.4 Å². The molecule has 5 nitrogen and oxygen atoms in total. The molecule has 1 aromatic carbocycles. The Bertz CT molecular complexity index is 783. The Labute approximate surface area is 159 Å². The van der Waals surface area contributed by atoms with Crippen LogP contribution in [0.5, 0.6) is 0 Å². The first kappa shape index (κ1) is 19.1. The van der Waals surface area contributed by atoms with Crippen LogP contribution in [0.3, 0.4) is 0 Å². The van der Waals surface area contributed by atoms with Crippen LogP contribution in [0.25, 0.3) is 17.3 Å². The fourth-order valence-electron chi connectivity index (χ4n) is 2.79. The maximum absolute atomic E-state index is 6.19. The molecule has 3 N–H and O–H groups in total. The van der Waals surface area contributed by atoms with E-state index in [-0.39, 0.29) is 18.3 Å². The van der Waals surface area contributed by atoms with E-state index in [9.17, 15) is 0 Å². The van der Waals surface area contributed by atoms with Crippen LogP contribution in [0.2, 0.25) is 0 Å². The van der Waals surface area contributed by atoms with Crippen LogP contribution in [0.1, 0.15) is 33.3 Å². The van der Waals surface area contributed by atoms with Crippen molar-refractivity contribution in [2.75, 3.05) is 19.3 Å². The third kappa shape index (κ3) is 3.86. The SMILES string of the molecule is CNCC(=Cc1ccc(-c2csc(N)n2)cc1)B1OC(C)(C)C(C)(C)O1. The summed E-state index contributed by atoms with van der Waals surface area (Å²) in [6.07, 6.45) is 2.12. The van der Waals surface area contributed by atoms with E-state index in [1.54, 1.807) is 0 Å². The minimum atomic E-state index is -0.356. The van der Waals surface area contributed by atoms with Crippen molar-refractivity contribution in [2.45, 2.75) is 38.9 Å². The third-order valence-corrected chi connectivity index (χ3v) is 5.69. The van der Waals surface area contributed by atoms with E-state index in [1.165, 1.54) is 11.3 Å². The number of rotatable bonds is 5. The second-order valence-electron chi connectivity index (χ2n) is 7.53. The maximum Gasteiger partial charge on any atom is 0.491 e. The van der Waals surface area contributed by atoms with Crippen LogP contribution in [-0.2, 0) is 9.31 Å². The van der Waals surface area contributed by atoms with Crippen molar-refractivity contribution < 1.29 is 9.31 Å². The number of nitrogens with one attached hydrogen (secondary N) is 1. The molecule has 1 saturated heterocycles. The molecule has 0 radical (unpaired) electrons. The first-order valence-corrected chi connectivity index (χ1v) is 9.62. The van der Waals surface area contributed by atoms with Crippen molar-refractivity contribution in [3.05, 3.63) is 40.7 Å². The molecule has 0 aliphatic carbocycles. The van der Waals surface area contributed by atoms with Crippen LogP contribution in [0, 0.1) is 0 Å². The predicted octanol–water partition coefficient (Wildman–Crippen LogP) is 3.63. The highest BCUT2D eigenvalue weighted by atomic mass is 32.1. The summed E-state index contributed by atoms with van der Waals surface area (Å²) in [4.78, 5) is 4.33. The fraction of sp³-hybridized carbons (Fsp3) is 0.421.